The van der Waals surface area contributed by atoms with Crippen LogP contribution in [0.5, 0.6) is 5.75 Å². The number of allylic oxidation sites excluding steroid dienone is 1. The molecule has 2 heterocycles. The normalized spacial score (nSPS) is 36.1. The van der Waals surface area contributed by atoms with E-state index in [-0.39, 0.29) is 22.5 Å². The minimum Gasteiger partial charge on any atom is -0.490 e. The number of rotatable bonds is 0. The highest BCUT2D eigenvalue weighted by Crippen LogP contribution is 2.48. The molecule has 2 N–H and O–H groups in total. The molecule has 220 valence electrons. The van der Waals surface area contributed by atoms with E-state index in [0.717, 1.165) is 61.7 Å². The molecule has 2 aliphatic carbocycles. The smallest absolute Gasteiger partial charge is 0.262 e. The number of halogens is 1. The first-order chi connectivity index (χ1) is 19.5. The second kappa shape index (κ2) is 10.7. The van der Waals surface area contributed by atoms with Crippen molar-refractivity contribution in [1.82, 2.24) is 4.72 Å². The number of carbonyl (C=O) groups excluding carboxylic acids is 1. The summed E-state index contributed by atoms with van der Waals surface area (Å²) >= 11 is 6.40. The number of ether oxygens (including phenoxy) is 1. The molecule has 1 unspecified atom stereocenters. The number of nitrogens with zero attached hydrogens (tertiary/aromatic N) is 1. The molecular formula is C33H41ClN2O4S. The average Bonchev–Trinajstić information content (AvgIpc) is 3.05. The number of hydrogen-bond acceptors (Lipinski definition) is 5. The van der Waals surface area contributed by atoms with E-state index in [0.29, 0.717) is 30.9 Å². The lowest BCUT2D eigenvalue weighted by atomic mass is 9.64. The van der Waals surface area contributed by atoms with Crippen molar-refractivity contribution in [2.75, 3.05) is 24.6 Å². The number of benzene rings is 2. The van der Waals surface area contributed by atoms with E-state index in [1.165, 1.54) is 11.1 Å². The minimum atomic E-state index is -2.88. The van der Waals surface area contributed by atoms with Crippen molar-refractivity contribution in [1.29, 1.82) is 0 Å². The monoisotopic (exact) mass is 596 g/mol. The van der Waals surface area contributed by atoms with Gasteiger partial charge in [-0.15, -0.1) is 0 Å². The molecular weight excluding hydrogens is 556 g/mol. The summed E-state index contributed by atoms with van der Waals surface area (Å²) in [6.45, 7) is 5.80. The summed E-state index contributed by atoms with van der Waals surface area (Å²) in [5, 5.41) is 12.0. The summed E-state index contributed by atoms with van der Waals surface area (Å²) in [6, 6.07) is 11.7. The van der Waals surface area contributed by atoms with Crippen LogP contribution < -0.4 is 14.4 Å². The maximum absolute atomic E-state index is 13.4. The van der Waals surface area contributed by atoms with Crippen LogP contribution in [0.4, 0.5) is 5.69 Å². The van der Waals surface area contributed by atoms with Crippen molar-refractivity contribution in [3.8, 4) is 5.75 Å². The molecule has 4 aliphatic rings. The van der Waals surface area contributed by atoms with E-state index >= 15 is 0 Å². The number of fused-ring (bicyclic) bond motifs is 4. The Balaban J connectivity index is 1.44. The maximum Gasteiger partial charge on any atom is 0.262 e. The summed E-state index contributed by atoms with van der Waals surface area (Å²) < 4.78 is 22.7. The lowest BCUT2D eigenvalue weighted by Gasteiger charge is -2.48. The lowest BCUT2D eigenvalue weighted by Crippen LogP contribution is -2.51. The number of aryl methyl sites for hydroxylation is 1. The summed E-state index contributed by atoms with van der Waals surface area (Å²) in [4.78, 5) is 15.8. The molecule has 0 radical (unpaired) electrons. The predicted molar refractivity (Wildman–Crippen MR) is 168 cm³/mol. The Morgan fingerprint density at radius 3 is 2.80 bits per heavy atom. The van der Waals surface area contributed by atoms with Gasteiger partial charge < -0.3 is 14.7 Å². The molecule has 0 aromatic heterocycles. The molecule has 2 aromatic rings. The first kappa shape index (κ1) is 28.6. The van der Waals surface area contributed by atoms with Crippen molar-refractivity contribution < 1.29 is 18.8 Å². The summed E-state index contributed by atoms with van der Waals surface area (Å²) in [5.41, 5.74) is 2.73. The van der Waals surface area contributed by atoms with Gasteiger partial charge >= 0.3 is 0 Å². The van der Waals surface area contributed by atoms with Gasteiger partial charge in [-0.3, -0.25) is 9.52 Å². The van der Waals surface area contributed by atoms with Crippen LogP contribution in [0.1, 0.15) is 73.9 Å². The highest BCUT2D eigenvalue weighted by molar-refractivity contribution is 7.99. The van der Waals surface area contributed by atoms with Gasteiger partial charge in [0.15, 0.2) is 0 Å². The molecule has 6 rings (SSSR count). The zero-order chi connectivity index (χ0) is 29.0. The highest BCUT2D eigenvalue weighted by Gasteiger charge is 2.46. The van der Waals surface area contributed by atoms with Gasteiger partial charge in [0.25, 0.3) is 5.91 Å². The fourth-order valence-electron chi connectivity index (χ4n) is 7.38. The Bertz CT molecular complexity index is 1490. The number of aliphatic hydroxyl groups is 1. The molecule has 6 nitrogen and oxygen atoms in total. The molecule has 2 bridgehead atoms. The molecule has 1 saturated carbocycles. The van der Waals surface area contributed by atoms with Crippen LogP contribution in [0.3, 0.4) is 0 Å². The number of anilines is 1. The third kappa shape index (κ3) is 5.41. The zero-order valence-corrected chi connectivity index (χ0v) is 25.6. The van der Waals surface area contributed by atoms with Crippen LogP contribution in [0.15, 0.2) is 48.6 Å². The second-order valence-electron chi connectivity index (χ2n) is 12.9. The van der Waals surface area contributed by atoms with Crippen LogP contribution in [0.25, 0.3) is 0 Å². The van der Waals surface area contributed by atoms with Crippen LogP contribution >= 0.6 is 11.6 Å². The third-order valence-electron chi connectivity index (χ3n) is 10.0. The van der Waals surface area contributed by atoms with Crippen molar-refractivity contribution >= 4 is 38.8 Å². The Morgan fingerprint density at radius 2 is 2.02 bits per heavy atom. The summed E-state index contributed by atoms with van der Waals surface area (Å²) in [5.74, 6) is 4.69. The van der Waals surface area contributed by atoms with Gasteiger partial charge in [-0.1, -0.05) is 29.8 Å². The lowest BCUT2D eigenvalue weighted by molar-refractivity contribution is -0.0314. The van der Waals surface area contributed by atoms with Crippen LogP contribution in [0, 0.1) is 11.8 Å². The molecule has 1 spiro atoms. The molecule has 2 aliphatic heterocycles. The Labute approximate surface area is 249 Å². The summed E-state index contributed by atoms with van der Waals surface area (Å²) in [6.07, 6.45) is 10.2. The van der Waals surface area contributed by atoms with Crippen LogP contribution in [-0.2, 0) is 21.5 Å². The average molecular weight is 597 g/mol. The van der Waals surface area contributed by atoms with Gasteiger partial charge in [0.2, 0.25) is 0 Å². The Kier molecular flexibility index (Phi) is 7.44. The van der Waals surface area contributed by atoms with Crippen LogP contribution in [-0.4, -0.2) is 51.6 Å². The topological polar surface area (TPSA) is 78.9 Å². The van der Waals surface area contributed by atoms with Crippen molar-refractivity contribution in [3.63, 3.8) is 0 Å². The minimum absolute atomic E-state index is 0.133. The molecule has 0 saturated heterocycles. The van der Waals surface area contributed by atoms with E-state index in [9.17, 15) is 14.1 Å². The van der Waals surface area contributed by atoms with E-state index in [2.05, 4.69) is 27.6 Å². The first-order valence-corrected chi connectivity index (χ1v) is 17.0. The van der Waals surface area contributed by atoms with Crippen LogP contribution in [0.2, 0.25) is 5.02 Å². The highest BCUT2D eigenvalue weighted by atomic mass is 35.5. The van der Waals surface area contributed by atoms with Gasteiger partial charge in [0.1, 0.15) is 5.75 Å². The number of amides is 1. The standard InChI is InChI=1S/C33H41ClN2O4S/c1-22-7-4-5-15-32(2,38)27-12-9-25(27)19-36-20-33(16-6-8-23-17-26(34)11-13-28(23)33)21-40-30-14-10-24(18-29(30)36)31(37)35-41(22,3)39/h5,10-11,13-15,17-18,22,25,27,38H,3-4,6-9,12,16,19-21H2,1-2H3,(H,35,37,39)/b15-5+/t22-,25-,27+,32+,33-,41?/m0/s1. The second-order valence-corrected chi connectivity index (χ2v) is 15.8. The van der Waals surface area contributed by atoms with E-state index in [1.807, 2.05) is 44.2 Å². The van der Waals surface area contributed by atoms with Crippen molar-refractivity contribution in [2.45, 2.75) is 75.1 Å². The third-order valence-corrected chi connectivity index (χ3v) is 12.3. The van der Waals surface area contributed by atoms with E-state index in [4.69, 9.17) is 16.3 Å². The van der Waals surface area contributed by atoms with Gasteiger partial charge in [0.05, 0.1) is 27.6 Å². The van der Waals surface area contributed by atoms with Gasteiger partial charge in [-0.2, -0.15) is 0 Å². The Morgan fingerprint density at radius 1 is 1.20 bits per heavy atom. The van der Waals surface area contributed by atoms with Gasteiger partial charge in [-0.25, -0.2) is 4.21 Å². The van der Waals surface area contributed by atoms with Gasteiger partial charge in [-0.05, 0) is 118 Å². The molecule has 41 heavy (non-hydrogen) atoms. The van der Waals surface area contributed by atoms with Gasteiger partial charge in [0, 0.05) is 34.3 Å². The number of hydrogen-bond donors (Lipinski definition) is 2. The zero-order valence-electron chi connectivity index (χ0n) is 24.0. The molecule has 2 aromatic carbocycles. The molecule has 1 fully saturated rings. The molecule has 1 amide bonds. The van der Waals surface area contributed by atoms with Crippen molar-refractivity contribution in [3.05, 3.63) is 70.3 Å². The first-order valence-electron chi connectivity index (χ1n) is 14.9. The molecule has 6 atom stereocenters. The van der Waals surface area contributed by atoms with E-state index in [1.54, 1.807) is 6.07 Å². The SMILES string of the molecule is C=S1(=O)NC(=O)c2ccc3c(c2)N(C[C@@H]2CC[C@H]2[C@](C)(O)/C=C/CC[C@@H]1C)C[C@@]1(CCCc2cc(Cl)ccc21)CO3. The Hall–Kier alpha value is -2.48. The summed E-state index contributed by atoms with van der Waals surface area (Å²) in [7, 11) is -2.88. The van der Waals surface area contributed by atoms with E-state index < -0.39 is 15.3 Å². The maximum atomic E-state index is 13.4. The fourth-order valence-corrected chi connectivity index (χ4v) is 8.72. The largest absolute Gasteiger partial charge is 0.490 e. The molecule has 8 heteroatoms. The number of carbonyl (C=O) groups is 1. The fraction of sp³-hybridized carbons (Fsp3) is 0.515. The predicted octanol–water partition coefficient (Wildman–Crippen LogP) is 5.69. The van der Waals surface area contributed by atoms with Crippen molar-refractivity contribution in [2.24, 2.45) is 11.8 Å². The quantitative estimate of drug-likeness (QED) is 0.302. The number of nitrogens with one attached hydrogen (secondary N) is 1.